The van der Waals surface area contributed by atoms with E-state index in [9.17, 15) is 5.11 Å². The van der Waals surface area contributed by atoms with E-state index in [2.05, 4.69) is 4.90 Å². The van der Waals surface area contributed by atoms with E-state index in [1.807, 2.05) is 19.1 Å². The van der Waals surface area contributed by atoms with Gasteiger partial charge in [-0.25, -0.2) is 0 Å². The van der Waals surface area contributed by atoms with Gasteiger partial charge in [0.05, 0.1) is 18.4 Å². The van der Waals surface area contributed by atoms with Crippen LogP contribution in [0.2, 0.25) is 0 Å². The van der Waals surface area contributed by atoms with Gasteiger partial charge < -0.3 is 9.52 Å². The molecule has 3 nitrogen and oxygen atoms in total. The first-order chi connectivity index (χ1) is 7.16. The summed E-state index contributed by atoms with van der Waals surface area (Å²) in [7, 11) is 0. The van der Waals surface area contributed by atoms with Crippen LogP contribution in [-0.2, 0) is 6.54 Å². The molecule has 0 aromatic carbocycles. The van der Waals surface area contributed by atoms with Crippen molar-refractivity contribution in [2.24, 2.45) is 0 Å². The summed E-state index contributed by atoms with van der Waals surface area (Å²) in [5, 5.41) is 9.95. The van der Waals surface area contributed by atoms with Crippen LogP contribution < -0.4 is 0 Å². The second kappa shape index (κ2) is 4.37. The van der Waals surface area contributed by atoms with Crippen LogP contribution >= 0.6 is 0 Å². The molecule has 1 N–H and O–H groups in total. The second-order valence-electron chi connectivity index (χ2n) is 4.71. The summed E-state index contributed by atoms with van der Waals surface area (Å²) in [6.07, 6.45) is 4.53. The molecule has 0 amide bonds. The lowest BCUT2D eigenvalue weighted by Crippen LogP contribution is -2.28. The molecular weight excluding hydrogens is 190 g/mol. The molecule has 2 rings (SSSR count). The van der Waals surface area contributed by atoms with E-state index in [0.717, 1.165) is 44.7 Å². The molecule has 0 saturated carbocycles. The Morgan fingerprint density at radius 2 is 2.33 bits per heavy atom. The number of aliphatic hydroxyl groups is 1. The van der Waals surface area contributed by atoms with Gasteiger partial charge in [0.1, 0.15) is 5.76 Å². The van der Waals surface area contributed by atoms with Gasteiger partial charge in [-0.3, -0.25) is 4.90 Å². The molecule has 15 heavy (non-hydrogen) atoms. The fourth-order valence-electron chi connectivity index (χ4n) is 2.10. The average Bonchev–Trinajstić information content (AvgIpc) is 2.60. The Morgan fingerprint density at radius 3 is 3.07 bits per heavy atom. The maximum absolute atomic E-state index is 9.95. The van der Waals surface area contributed by atoms with Crippen molar-refractivity contribution in [3.8, 4) is 0 Å². The van der Waals surface area contributed by atoms with Crippen molar-refractivity contribution in [3.05, 3.63) is 24.2 Å². The Labute approximate surface area is 90.7 Å². The SMILES string of the molecule is CC1(O)CCCN(Cc2ccco2)CC1. The van der Waals surface area contributed by atoms with Gasteiger partial charge in [0.2, 0.25) is 0 Å². The van der Waals surface area contributed by atoms with Crippen molar-refractivity contribution in [3.63, 3.8) is 0 Å². The van der Waals surface area contributed by atoms with Crippen LogP contribution in [0.25, 0.3) is 0 Å². The van der Waals surface area contributed by atoms with Gasteiger partial charge in [-0.2, -0.15) is 0 Å². The summed E-state index contributed by atoms with van der Waals surface area (Å²) in [6.45, 7) is 4.80. The minimum Gasteiger partial charge on any atom is -0.468 e. The maximum atomic E-state index is 9.95. The van der Waals surface area contributed by atoms with Gasteiger partial charge in [0, 0.05) is 6.54 Å². The first-order valence-electron chi connectivity index (χ1n) is 5.63. The predicted octanol–water partition coefficient (Wildman–Crippen LogP) is 2.02. The molecule has 1 aromatic heterocycles. The van der Waals surface area contributed by atoms with Crippen molar-refractivity contribution in [1.29, 1.82) is 0 Å². The zero-order chi connectivity index (χ0) is 10.7. The summed E-state index contributed by atoms with van der Waals surface area (Å²) < 4.78 is 5.32. The lowest BCUT2D eigenvalue weighted by Gasteiger charge is -2.21. The smallest absolute Gasteiger partial charge is 0.117 e. The molecule has 1 aromatic rings. The number of rotatable bonds is 2. The minimum atomic E-state index is -0.474. The highest BCUT2D eigenvalue weighted by Crippen LogP contribution is 2.22. The molecule has 1 aliphatic heterocycles. The van der Waals surface area contributed by atoms with Gasteiger partial charge in [0.25, 0.3) is 0 Å². The molecule has 0 bridgehead atoms. The van der Waals surface area contributed by atoms with Gasteiger partial charge in [-0.15, -0.1) is 0 Å². The van der Waals surface area contributed by atoms with Crippen LogP contribution in [0.3, 0.4) is 0 Å². The fourth-order valence-corrected chi connectivity index (χ4v) is 2.10. The van der Waals surface area contributed by atoms with Crippen molar-refractivity contribution in [2.45, 2.75) is 38.3 Å². The summed E-state index contributed by atoms with van der Waals surface area (Å²) in [6, 6.07) is 3.92. The molecule has 1 saturated heterocycles. The number of hydrogen-bond donors (Lipinski definition) is 1. The highest BCUT2D eigenvalue weighted by atomic mass is 16.3. The van der Waals surface area contributed by atoms with E-state index in [1.165, 1.54) is 0 Å². The monoisotopic (exact) mass is 209 g/mol. The van der Waals surface area contributed by atoms with Crippen LogP contribution in [0.15, 0.2) is 22.8 Å². The molecule has 1 atom stereocenters. The lowest BCUT2D eigenvalue weighted by molar-refractivity contribution is 0.0442. The van der Waals surface area contributed by atoms with Gasteiger partial charge in [0.15, 0.2) is 0 Å². The van der Waals surface area contributed by atoms with Crippen LogP contribution in [0.5, 0.6) is 0 Å². The Hall–Kier alpha value is -0.800. The normalized spacial score (nSPS) is 28.9. The largest absolute Gasteiger partial charge is 0.468 e. The predicted molar refractivity (Wildman–Crippen MR) is 58.5 cm³/mol. The van der Waals surface area contributed by atoms with E-state index in [0.29, 0.717) is 0 Å². The van der Waals surface area contributed by atoms with Gasteiger partial charge in [-0.1, -0.05) is 0 Å². The first-order valence-corrected chi connectivity index (χ1v) is 5.63. The highest BCUT2D eigenvalue weighted by Gasteiger charge is 2.24. The van der Waals surface area contributed by atoms with Crippen LogP contribution in [-0.4, -0.2) is 28.7 Å². The third kappa shape index (κ3) is 3.08. The van der Waals surface area contributed by atoms with Crippen LogP contribution in [0.1, 0.15) is 31.9 Å². The van der Waals surface area contributed by atoms with Gasteiger partial charge >= 0.3 is 0 Å². The topological polar surface area (TPSA) is 36.6 Å². The van der Waals surface area contributed by atoms with Crippen molar-refractivity contribution >= 4 is 0 Å². The molecular formula is C12H19NO2. The Morgan fingerprint density at radius 1 is 1.47 bits per heavy atom. The fraction of sp³-hybridized carbons (Fsp3) is 0.667. The summed E-state index contributed by atoms with van der Waals surface area (Å²) in [5.41, 5.74) is -0.474. The first kappa shape index (κ1) is 10.7. The molecule has 3 heteroatoms. The summed E-state index contributed by atoms with van der Waals surface area (Å²) in [4.78, 5) is 2.35. The van der Waals surface area contributed by atoms with E-state index < -0.39 is 5.60 Å². The van der Waals surface area contributed by atoms with Crippen molar-refractivity contribution < 1.29 is 9.52 Å². The number of furan rings is 1. The number of nitrogens with zero attached hydrogens (tertiary/aromatic N) is 1. The van der Waals surface area contributed by atoms with Crippen molar-refractivity contribution in [1.82, 2.24) is 4.90 Å². The zero-order valence-corrected chi connectivity index (χ0v) is 9.28. The zero-order valence-electron chi connectivity index (χ0n) is 9.28. The summed E-state index contributed by atoms with van der Waals surface area (Å²) >= 11 is 0. The molecule has 2 heterocycles. The third-order valence-corrected chi connectivity index (χ3v) is 3.12. The number of hydrogen-bond acceptors (Lipinski definition) is 3. The Bertz CT molecular complexity index is 293. The van der Waals surface area contributed by atoms with Crippen molar-refractivity contribution in [2.75, 3.05) is 13.1 Å². The average molecular weight is 209 g/mol. The maximum Gasteiger partial charge on any atom is 0.117 e. The van der Waals surface area contributed by atoms with E-state index in [-0.39, 0.29) is 0 Å². The quantitative estimate of drug-likeness (QED) is 0.809. The standard InChI is InChI=1S/C12H19NO2/c1-12(14)5-3-7-13(8-6-12)10-11-4-2-9-15-11/h2,4,9,14H,3,5-8,10H2,1H3. The Balaban J connectivity index is 1.89. The summed E-state index contributed by atoms with van der Waals surface area (Å²) in [5.74, 6) is 1.01. The van der Waals surface area contributed by atoms with E-state index >= 15 is 0 Å². The molecule has 0 radical (unpaired) electrons. The van der Waals surface area contributed by atoms with Crippen LogP contribution in [0, 0.1) is 0 Å². The minimum absolute atomic E-state index is 0.474. The molecule has 1 unspecified atom stereocenters. The second-order valence-corrected chi connectivity index (χ2v) is 4.71. The highest BCUT2D eigenvalue weighted by molar-refractivity contribution is 4.98. The van der Waals surface area contributed by atoms with Crippen LogP contribution in [0.4, 0.5) is 0 Å². The molecule has 84 valence electrons. The molecule has 1 aliphatic rings. The lowest BCUT2D eigenvalue weighted by atomic mass is 9.98. The van der Waals surface area contributed by atoms with Gasteiger partial charge in [-0.05, 0) is 44.9 Å². The van der Waals surface area contributed by atoms with E-state index in [1.54, 1.807) is 6.26 Å². The molecule has 1 fully saturated rings. The molecule has 0 spiro atoms. The third-order valence-electron chi connectivity index (χ3n) is 3.12. The van der Waals surface area contributed by atoms with E-state index in [4.69, 9.17) is 4.42 Å². The molecule has 0 aliphatic carbocycles. The number of likely N-dealkylation sites (tertiary alicyclic amines) is 1. The Kier molecular flexibility index (Phi) is 3.12.